The van der Waals surface area contributed by atoms with Crippen LogP contribution in [0.2, 0.25) is 0 Å². The number of hydrazone groups is 1. The van der Waals surface area contributed by atoms with E-state index >= 15 is 0 Å². The Kier molecular flexibility index (Phi) is 5.56. The number of nitrogens with zero attached hydrogens (tertiary/aromatic N) is 4. The molecule has 0 radical (unpaired) electrons. The first-order valence-corrected chi connectivity index (χ1v) is 11.4. The summed E-state index contributed by atoms with van der Waals surface area (Å²) in [6.07, 6.45) is 6.68. The van der Waals surface area contributed by atoms with E-state index < -0.39 is 17.7 Å². The summed E-state index contributed by atoms with van der Waals surface area (Å²) in [7, 11) is 0. The molecule has 3 aromatic rings. The Morgan fingerprint density at radius 2 is 1.94 bits per heavy atom. The first-order chi connectivity index (χ1) is 15.9. The minimum absolute atomic E-state index is 0.0210. The molecule has 1 aliphatic heterocycles. The quantitative estimate of drug-likeness (QED) is 0.429. The number of rotatable bonds is 7. The number of aromatic nitrogens is 2. The third-order valence-electron chi connectivity index (χ3n) is 6.46. The number of halogens is 2. The molecule has 0 saturated heterocycles. The molecule has 33 heavy (non-hydrogen) atoms. The maximum Gasteiger partial charge on any atom is 0.269 e. The van der Waals surface area contributed by atoms with Crippen molar-refractivity contribution in [3.8, 4) is 0 Å². The van der Waals surface area contributed by atoms with E-state index in [1.807, 2.05) is 23.9 Å². The van der Waals surface area contributed by atoms with E-state index in [1.165, 1.54) is 22.7 Å². The van der Waals surface area contributed by atoms with Crippen LogP contribution >= 0.6 is 0 Å². The van der Waals surface area contributed by atoms with Crippen molar-refractivity contribution in [3.63, 3.8) is 0 Å². The number of amides is 1. The fourth-order valence-electron chi connectivity index (χ4n) is 4.54. The second-order valence-electron chi connectivity index (χ2n) is 9.01. The Hall–Kier alpha value is -3.35. The normalized spacial score (nSPS) is 17.8. The molecule has 1 aliphatic carbocycles. The van der Waals surface area contributed by atoms with Crippen LogP contribution in [0.25, 0.3) is 10.9 Å². The van der Waals surface area contributed by atoms with Crippen molar-refractivity contribution in [2.75, 3.05) is 0 Å². The van der Waals surface area contributed by atoms with Gasteiger partial charge in [0.05, 0.1) is 17.8 Å². The van der Waals surface area contributed by atoms with Crippen LogP contribution in [0.3, 0.4) is 0 Å². The van der Waals surface area contributed by atoms with E-state index in [1.54, 1.807) is 6.21 Å². The van der Waals surface area contributed by atoms with Gasteiger partial charge in [0.25, 0.3) is 5.91 Å². The van der Waals surface area contributed by atoms with E-state index in [0.717, 1.165) is 23.7 Å². The number of carbonyl (C=O) groups is 1. The average molecular weight is 449 g/mol. The van der Waals surface area contributed by atoms with Gasteiger partial charge in [0, 0.05) is 35.7 Å². The van der Waals surface area contributed by atoms with Crippen molar-refractivity contribution < 1.29 is 13.6 Å². The van der Waals surface area contributed by atoms with Crippen LogP contribution < -0.4 is 0 Å². The molecule has 1 atom stereocenters. The Labute approximate surface area is 191 Å². The van der Waals surface area contributed by atoms with Gasteiger partial charge in [-0.05, 0) is 68.4 Å². The van der Waals surface area contributed by atoms with Crippen molar-refractivity contribution >= 4 is 23.0 Å². The maximum absolute atomic E-state index is 14.6. The summed E-state index contributed by atoms with van der Waals surface area (Å²) >= 11 is 0. The fourth-order valence-corrected chi connectivity index (χ4v) is 4.54. The van der Waals surface area contributed by atoms with E-state index in [4.69, 9.17) is 0 Å². The van der Waals surface area contributed by atoms with Crippen LogP contribution in [0.15, 0.2) is 53.8 Å². The van der Waals surface area contributed by atoms with Crippen molar-refractivity contribution in [2.24, 2.45) is 5.10 Å². The summed E-state index contributed by atoms with van der Waals surface area (Å²) in [5.41, 5.74) is 3.25. The molecule has 1 aromatic heterocycles. The van der Waals surface area contributed by atoms with Gasteiger partial charge < -0.3 is 0 Å². The number of hydrogen-bond donors (Lipinski definition) is 0. The molecule has 2 aliphatic rings. The lowest BCUT2D eigenvalue weighted by Crippen LogP contribution is -2.28. The minimum atomic E-state index is -0.535. The van der Waals surface area contributed by atoms with Gasteiger partial charge in [-0.2, -0.15) is 10.2 Å². The van der Waals surface area contributed by atoms with Crippen molar-refractivity contribution in [3.05, 3.63) is 77.0 Å². The Morgan fingerprint density at radius 3 is 2.67 bits per heavy atom. The van der Waals surface area contributed by atoms with Gasteiger partial charge in [0.1, 0.15) is 11.6 Å². The predicted octanol–water partition coefficient (Wildman–Crippen LogP) is 5.80. The molecule has 0 N–H and O–H groups in total. The molecule has 1 fully saturated rings. The zero-order valence-corrected chi connectivity index (χ0v) is 18.6. The molecule has 0 bridgehead atoms. The summed E-state index contributed by atoms with van der Waals surface area (Å²) in [6.45, 7) is 6.66. The Morgan fingerprint density at radius 1 is 1.18 bits per heavy atom. The van der Waals surface area contributed by atoms with Crippen LogP contribution in [-0.2, 0) is 11.3 Å². The molecule has 2 aromatic carbocycles. The zero-order valence-electron chi connectivity index (χ0n) is 18.6. The highest BCUT2D eigenvalue weighted by molar-refractivity contribution is 5.94. The van der Waals surface area contributed by atoms with E-state index in [2.05, 4.69) is 28.9 Å². The van der Waals surface area contributed by atoms with Crippen molar-refractivity contribution in [1.82, 2.24) is 14.8 Å². The van der Waals surface area contributed by atoms with Gasteiger partial charge in [-0.3, -0.25) is 9.48 Å². The third-order valence-corrected chi connectivity index (χ3v) is 6.46. The molecule has 5 rings (SSSR count). The lowest BCUT2D eigenvalue weighted by molar-refractivity contribution is -0.129. The SMILES string of the molecule is C=C(CCCn1ncc2cc(C)ccc21)C(=O)N1N=CCC1c1cc(F)c(C2CC2)c(F)c1. The number of fused-ring (bicyclic) bond motifs is 1. The highest BCUT2D eigenvalue weighted by Gasteiger charge is 2.34. The first kappa shape index (κ1) is 21.5. The van der Waals surface area contributed by atoms with Gasteiger partial charge >= 0.3 is 0 Å². The summed E-state index contributed by atoms with van der Waals surface area (Å²) < 4.78 is 31.1. The van der Waals surface area contributed by atoms with E-state index in [-0.39, 0.29) is 17.4 Å². The molecule has 1 saturated carbocycles. The lowest BCUT2D eigenvalue weighted by Gasteiger charge is -2.23. The van der Waals surface area contributed by atoms with E-state index in [9.17, 15) is 13.6 Å². The average Bonchev–Trinajstić information content (AvgIpc) is 3.34. The van der Waals surface area contributed by atoms with Crippen molar-refractivity contribution in [2.45, 2.75) is 57.5 Å². The van der Waals surface area contributed by atoms with Crippen LogP contribution in [0.4, 0.5) is 8.78 Å². The van der Waals surface area contributed by atoms with Crippen LogP contribution in [0, 0.1) is 18.6 Å². The maximum atomic E-state index is 14.6. The number of benzene rings is 2. The standard InChI is InChI=1S/C26H26F2N4O/c1-16-5-8-23-20(12-16)15-30-31(23)11-3-4-17(2)26(33)32-24(9-10-29-32)19-13-21(27)25(18-6-7-18)22(28)14-19/h5,8,10,12-15,18,24H,2-4,6-7,9,11H2,1H3. The largest absolute Gasteiger partial charge is 0.269 e. The monoisotopic (exact) mass is 448 g/mol. The molecule has 170 valence electrons. The summed E-state index contributed by atoms with van der Waals surface area (Å²) in [4.78, 5) is 13.0. The number of hydrogen-bond acceptors (Lipinski definition) is 3. The van der Waals surface area contributed by atoms with Crippen molar-refractivity contribution in [1.29, 1.82) is 0 Å². The van der Waals surface area contributed by atoms with Gasteiger partial charge in [-0.1, -0.05) is 18.2 Å². The first-order valence-electron chi connectivity index (χ1n) is 11.4. The van der Waals surface area contributed by atoms with Crippen LogP contribution in [0.1, 0.15) is 60.8 Å². The van der Waals surface area contributed by atoms with Gasteiger partial charge in [0.15, 0.2) is 0 Å². The predicted molar refractivity (Wildman–Crippen MR) is 124 cm³/mol. The topological polar surface area (TPSA) is 50.5 Å². The van der Waals surface area contributed by atoms with E-state index in [0.29, 0.717) is 36.9 Å². The Balaban J connectivity index is 1.23. The number of carbonyl (C=O) groups excluding carboxylic acids is 1. The number of aryl methyl sites for hydroxylation is 2. The molecule has 7 heteroatoms. The molecule has 1 amide bonds. The van der Waals surface area contributed by atoms with Gasteiger partial charge in [0.2, 0.25) is 0 Å². The highest BCUT2D eigenvalue weighted by atomic mass is 19.1. The zero-order chi connectivity index (χ0) is 23.1. The van der Waals surface area contributed by atoms with Gasteiger partial charge in [-0.25, -0.2) is 13.8 Å². The Bertz CT molecular complexity index is 1250. The summed E-state index contributed by atoms with van der Waals surface area (Å²) in [5.74, 6) is -1.41. The molecule has 0 spiro atoms. The molecule has 5 nitrogen and oxygen atoms in total. The van der Waals surface area contributed by atoms with Crippen LogP contribution in [-0.4, -0.2) is 26.9 Å². The smallest absolute Gasteiger partial charge is 0.268 e. The molecule has 1 unspecified atom stereocenters. The van der Waals surface area contributed by atoms with Crippen LogP contribution in [0.5, 0.6) is 0 Å². The molecule has 2 heterocycles. The highest BCUT2D eigenvalue weighted by Crippen LogP contribution is 2.43. The fraction of sp³-hybridized carbons (Fsp3) is 0.346. The minimum Gasteiger partial charge on any atom is -0.268 e. The second kappa shape index (κ2) is 8.54. The lowest BCUT2D eigenvalue weighted by atomic mass is 9.99. The second-order valence-corrected chi connectivity index (χ2v) is 9.01. The molecular weight excluding hydrogens is 422 g/mol. The third kappa shape index (κ3) is 4.19. The van der Waals surface area contributed by atoms with Gasteiger partial charge in [-0.15, -0.1) is 0 Å². The summed E-state index contributed by atoms with van der Waals surface area (Å²) in [6, 6.07) is 8.37. The summed E-state index contributed by atoms with van der Waals surface area (Å²) in [5, 5.41) is 11.0. The molecular formula is C26H26F2N4O.